The minimum absolute atomic E-state index is 0.148. The van der Waals surface area contributed by atoms with Crippen molar-refractivity contribution in [3.63, 3.8) is 0 Å². The summed E-state index contributed by atoms with van der Waals surface area (Å²) < 4.78 is 0. The monoisotopic (exact) mass is 208 g/mol. The Morgan fingerprint density at radius 1 is 1.14 bits per heavy atom. The fourth-order valence-electron chi connectivity index (χ4n) is 1.37. The molecule has 0 heterocycles. The minimum atomic E-state index is 0.148. The molecule has 0 aromatic heterocycles. The first-order valence-corrected chi connectivity index (χ1v) is 6.30. The number of aliphatic hydroxyl groups is 1. The molecular weight excluding hydrogens is 192 g/mol. The van der Waals surface area contributed by atoms with Crippen LogP contribution < -0.4 is 0 Å². The molecule has 1 nitrogen and oxygen atoms in total. The molecule has 0 spiro atoms. The van der Waals surface area contributed by atoms with Crippen LogP contribution in [0, 0.1) is 5.92 Å². The van der Waals surface area contributed by atoms with Crippen LogP contribution in [0.2, 0.25) is 0 Å². The van der Waals surface area contributed by atoms with Crippen molar-refractivity contribution in [3.05, 3.63) is 35.4 Å². The summed E-state index contributed by atoms with van der Waals surface area (Å²) in [5.41, 5.74) is 2.37. The van der Waals surface area contributed by atoms with Crippen molar-refractivity contribution in [1.82, 2.24) is 0 Å². The molecule has 0 unspecified atom stereocenters. The van der Waals surface area contributed by atoms with Gasteiger partial charge in [0.1, 0.15) is 0 Å². The molecule has 1 saturated carbocycles. The summed E-state index contributed by atoms with van der Waals surface area (Å²) in [5.74, 6) is 3.45. The average Bonchev–Trinajstić information content (AvgIpc) is 3.03. The number of rotatable bonds is 5. The molecule has 1 fully saturated rings. The topological polar surface area (TPSA) is 20.2 Å². The van der Waals surface area contributed by atoms with Crippen molar-refractivity contribution in [1.29, 1.82) is 0 Å². The maximum absolute atomic E-state index is 8.88. The lowest BCUT2D eigenvalue weighted by Gasteiger charge is -2.02. The highest BCUT2D eigenvalue weighted by atomic mass is 32.2. The van der Waals surface area contributed by atoms with Gasteiger partial charge in [-0.2, -0.15) is 11.8 Å². The Kier molecular flexibility index (Phi) is 3.49. The van der Waals surface area contributed by atoms with E-state index in [9.17, 15) is 0 Å². The zero-order chi connectivity index (χ0) is 9.80. The Balaban J connectivity index is 1.77. The molecular formula is C12H16OS. The number of hydrogen-bond acceptors (Lipinski definition) is 2. The van der Waals surface area contributed by atoms with Gasteiger partial charge in [0.05, 0.1) is 6.61 Å². The van der Waals surface area contributed by atoms with Gasteiger partial charge in [0, 0.05) is 5.75 Å². The first-order valence-electron chi connectivity index (χ1n) is 5.15. The highest BCUT2D eigenvalue weighted by Gasteiger charge is 2.20. The predicted molar refractivity (Wildman–Crippen MR) is 61.3 cm³/mol. The van der Waals surface area contributed by atoms with E-state index in [1.165, 1.54) is 24.2 Å². The zero-order valence-corrected chi connectivity index (χ0v) is 9.09. The second-order valence-electron chi connectivity index (χ2n) is 3.93. The Bertz CT molecular complexity index is 277. The van der Waals surface area contributed by atoms with Crippen molar-refractivity contribution >= 4 is 11.8 Å². The van der Waals surface area contributed by atoms with Gasteiger partial charge in [0.2, 0.25) is 0 Å². The Labute approximate surface area is 89.5 Å². The molecule has 1 aromatic rings. The van der Waals surface area contributed by atoms with Crippen LogP contribution in [-0.2, 0) is 12.4 Å². The summed E-state index contributed by atoms with van der Waals surface area (Å²) in [7, 11) is 0. The highest BCUT2D eigenvalue weighted by Crippen LogP contribution is 2.33. The smallest absolute Gasteiger partial charge is 0.0681 e. The van der Waals surface area contributed by atoms with E-state index in [0.29, 0.717) is 0 Å². The fourth-order valence-corrected chi connectivity index (χ4v) is 2.58. The van der Waals surface area contributed by atoms with E-state index in [1.54, 1.807) is 0 Å². The van der Waals surface area contributed by atoms with Gasteiger partial charge in [-0.05, 0) is 35.6 Å². The molecule has 2 rings (SSSR count). The van der Waals surface area contributed by atoms with Crippen LogP contribution >= 0.6 is 11.8 Å². The van der Waals surface area contributed by atoms with Crippen LogP contribution in [0.25, 0.3) is 0 Å². The van der Waals surface area contributed by atoms with Crippen LogP contribution in [0.15, 0.2) is 24.3 Å². The van der Waals surface area contributed by atoms with Crippen LogP contribution in [-0.4, -0.2) is 10.9 Å². The van der Waals surface area contributed by atoms with Crippen molar-refractivity contribution in [2.75, 3.05) is 5.75 Å². The van der Waals surface area contributed by atoms with Gasteiger partial charge in [-0.3, -0.25) is 0 Å². The van der Waals surface area contributed by atoms with Crippen LogP contribution in [0.3, 0.4) is 0 Å². The fraction of sp³-hybridized carbons (Fsp3) is 0.500. The summed E-state index contributed by atoms with van der Waals surface area (Å²) in [4.78, 5) is 0. The van der Waals surface area contributed by atoms with Crippen LogP contribution in [0.4, 0.5) is 0 Å². The third kappa shape index (κ3) is 3.03. The predicted octanol–water partition coefficient (Wildman–Crippen LogP) is 2.82. The molecule has 1 N–H and O–H groups in total. The second-order valence-corrected chi connectivity index (χ2v) is 4.96. The van der Waals surface area contributed by atoms with Crippen LogP contribution in [0.1, 0.15) is 24.0 Å². The summed E-state index contributed by atoms with van der Waals surface area (Å²) in [6.07, 6.45) is 2.88. The van der Waals surface area contributed by atoms with Gasteiger partial charge in [-0.15, -0.1) is 0 Å². The molecule has 76 valence electrons. The highest BCUT2D eigenvalue weighted by molar-refractivity contribution is 7.98. The standard InChI is InChI=1S/C12H16OS/c13-7-10-1-3-11(4-2-10)8-14-9-12-5-6-12/h1-4,12-13H,5-9H2. The van der Waals surface area contributed by atoms with Gasteiger partial charge in [-0.1, -0.05) is 24.3 Å². The molecule has 0 radical (unpaired) electrons. The largest absolute Gasteiger partial charge is 0.392 e. The molecule has 0 bridgehead atoms. The van der Waals surface area contributed by atoms with E-state index in [4.69, 9.17) is 5.11 Å². The number of benzene rings is 1. The Morgan fingerprint density at radius 3 is 2.36 bits per heavy atom. The third-order valence-electron chi connectivity index (χ3n) is 2.52. The van der Waals surface area contributed by atoms with E-state index in [-0.39, 0.29) is 6.61 Å². The molecule has 14 heavy (non-hydrogen) atoms. The molecule has 0 saturated heterocycles. The van der Waals surface area contributed by atoms with E-state index in [1.807, 2.05) is 23.9 Å². The maximum atomic E-state index is 8.88. The lowest BCUT2D eigenvalue weighted by Crippen LogP contribution is -1.87. The molecule has 1 aliphatic rings. The summed E-state index contributed by atoms with van der Waals surface area (Å²) in [6.45, 7) is 0.148. The zero-order valence-electron chi connectivity index (χ0n) is 8.28. The first-order chi connectivity index (χ1) is 6.88. The lowest BCUT2D eigenvalue weighted by atomic mass is 10.2. The van der Waals surface area contributed by atoms with E-state index >= 15 is 0 Å². The summed E-state index contributed by atoms with van der Waals surface area (Å²) >= 11 is 2.03. The quantitative estimate of drug-likeness (QED) is 0.803. The van der Waals surface area contributed by atoms with Gasteiger partial charge >= 0.3 is 0 Å². The SMILES string of the molecule is OCc1ccc(CSCC2CC2)cc1. The normalized spacial score (nSPS) is 15.8. The van der Waals surface area contributed by atoms with Gasteiger partial charge in [0.25, 0.3) is 0 Å². The van der Waals surface area contributed by atoms with Crippen molar-refractivity contribution < 1.29 is 5.11 Å². The molecule has 1 aliphatic carbocycles. The Morgan fingerprint density at radius 2 is 1.79 bits per heavy atom. The van der Waals surface area contributed by atoms with Crippen molar-refractivity contribution in [3.8, 4) is 0 Å². The maximum Gasteiger partial charge on any atom is 0.0681 e. The van der Waals surface area contributed by atoms with Gasteiger partial charge < -0.3 is 5.11 Å². The van der Waals surface area contributed by atoms with Crippen LogP contribution in [0.5, 0.6) is 0 Å². The Hall–Kier alpha value is -0.470. The van der Waals surface area contributed by atoms with E-state index < -0.39 is 0 Å². The lowest BCUT2D eigenvalue weighted by molar-refractivity contribution is 0.282. The summed E-state index contributed by atoms with van der Waals surface area (Å²) in [6, 6.07) is 8.25. The minimum Gasteiger partial charge on any atom is -0.392 e. The number of hydrogen-bond donors (Lipinski definition) is 1. The molecule has 0 amide bonds. The van der Waals surface area contributed by atoms with Gasteiger partial charge in [-0.25, -0.2) is 0 Å². The molecule has 0 atom stereocenters. The molecule has 0 aliphatic heterocycles. The van der Waals surface area contributed by atoms with Crippen molar-refractivity contribution in [2.24, 2.45) is 5.92 Å². The second kappa shape index (κ2) is 4.85. The molecule has 1 aromatic carbocycles. The first kappa shape index (κ1) is 10.1. The third-order valence-corrected chi connectivity index (χ3v) is 3.77. The number of thioether (sulfide) groups is 1. The average molecular weight is 208 g/mol. The van der Waals surface area contributed by atoms with E-state index in [0.717, 1.165) is 17.2 Å². The van der Waals surface area contributed by atoms with Crippen molar-refractivity contribution in [2.45, 2.75) is 25.2 Å². The number of aliphatic hydroxyl groups excluding tert-OH is 1. The van der Waals surface area contributed by atoms with Gasteiger partial charge in [0.15, 0.2) is 0 Å². The summed E-state index contributed by atoms with van der Waals surface area (Å²) in [5, 5.41) is 8.88. The molecule has 2 heteroatoms. The van der Waals surface area contributed by atoms with E-state index in [2.05, 4.69) is 12.1 Å².